The number of alkyl halides is 6. The summed E-state index contributed by atoms with van der Waals surface area (Å²) in [6, 6.07) is 41.4. The van der Waals surface area contributed by atoms with Gasteiger partial charge in [0.05, 0.1) is 39.1 Å². The molecule has 57 heavy (non-hydrogen) atoms. The molecule has 0 N–H and O–H groups in total. The lowest BCUT2D eigenvalue weighted by molar-refractivity contribution is -0.137. The molecule has 8 aromatic rings. The minimum absolute atomic E-state index is 0.0506. The van der Waals surface area contributed by atoms with Crippen LogP contribution in [0.5, 0.6) is 0 Å². The molecule has 1 aromatic heterocycles. The number of para-hydroxylation sites is 1. The molecular formula is C47H30F6N2O2. The van der Waals surface area contributed by atoms with E-state index in [-0.39, 0.29) is 33.4 Å². The zero-order valence-corrected chi connectivity index (χ0v) is 30.1. The molecule has 0 radical (unpaired) electrons. The number of hydrogen-bond acceptors (Lipinski definition) is 2. The summed E-state index contributed by atoms with van der Waals surface area (Å²) in [7, 11) is 1.61. The van der Waals surface area contributed by atoms with E-state index in [1.54, 1.807) is 60.1 Å². The van der Waals surface area contributed by atoms with Crippen molar-refractivity contribution in [1.29, 1.82) is 0 Å². The largest absolute Gasteiger partial charge is 0.417 e. The van der Waals surface area contributed by atoms with Crippen molar-refractivity contribution in [3.63, 3.8) is 0 Å². The summed E-state index contributed by atoms with van der Waals surface area (Å²) in [5.74, 6) is -0.516. The molecule has 0 atom stereocenters. The highest BCUT2D eigenvalue weighted by atomic mass is 19.4. The standard InChI is InChI=1S/C47H30F6N2O2/c1-54(40-20-10-7-17-35(40)29-12-3-2-4-13-29)45(57)44-32(28-56)14-11-21-43(44)55-41-24-22-30(33-15-5-8-18-38(33)46(48,49)50)26-36(41)37-27-31(23-25-42(37)55)34-16-6-9-19-39(34)47(51,52)53/h2-28H,1H3. The van der Waals surface area contributed by atoms with Gasteiger partial charge in [-0.1, -0.05) is 109 Å². The van der Waals surface area contributed by atoms with Crippen LogP contribution in [0.2, 0.25) is 0 Å². The number of anilines is 1. The fraction of sp³-hybridized carbons (Fsp3) is 0.0638. The molecule has 0 aliphatic carbocycles. The first-order valence-corrected chi connectivity index (χ1v) is 17.8. The molecule has 0 spiro atoms. The smallest absolute Gasteiger partial charge is 0.311 e. The van der Waals surface area contributed by atoms with Crippen LogP contribution in [-0.2, 0) is 12.4 Å². The lowest BCUT2D eigenvalue weighted by atomic mass is 9.96. The second-order valence-corrected chi connectivity index (χ2v) is 13.5. The van der Waals surface area contributed by atoms with E-state index in [2.05, 4.69) is 0 Å². The van der Waals surface area contributed by atoms with Crippen LogP contribution < -0.4 is 4.90 Å². The van der Waals surface area contributed by atoms with Crippen LogP contribution in [-0.4, -0.2) is 23.8 Å². The Morgan fingerprint density at radius 1 is 0.544 bits per heavy atom. The van der Waals surface area contributed by atoms with Gasteiger partial charge in [-0.15, -0.1) is 0 Å². The second-order valence-electron chi connectivity index (χ2n) is 13.5. The number of benzene rings is 7. The predicted octanol–water partition coefficient (Wildman–Crippen LogP) is 12.9. The van der Waals surface area contributed by atoms with E-state index < -0.39 is 29.4 Å². The van der Waals surface area contributed by atoms with E-state index in [1.807, 2.05) is 42.5 Å². The Morgan fingerprint density at radius 2 is 1.04 bits per heavy atom. The summed E-state index contributed by atoms with van der Waals surface area (Å²) < 4.78 is 87.2. The highest BCUT2D eigenvalue weighted by Gasteiger charge is 2.35. The van der Waals surface area contributed by atoms with Crippen LogP contribution in [0.15, 0.2) is 158 Å². The Morgan fingerprint density at radius 3 is 1.56 bits per heavy atom. The molecule has 0 aliphatic heterocycles. The monoisotopic (exact) mass is 768 g/mol. The molecule has 7 aromatic carbocycles. The van der Waals surface area contributed by atoms with E-state index in [9.17, 15) is 35.9 Å². The Balaban J connectivity index is 1.39. The Kier molecular flexibility index (Phi) is 9.28. The normalized spacial score (nSPS) is 11.9. The van der Waals surface area contributed by atoms with E-state index in [4.69, 9.17) is 0 Å². The van der Waals surface area contributed by atoms with Crippen LogP contribution in [0.3, 0.4) is 0 Å². The predicted molar refractivity (Wildman–Crippen MR) is 212 cm³/mol. The molecule has 0 saturated heterocycles. The van der Waals surface area contributed by atoms with Gasteiger partial charge in [-0.05, 0) is 76.3 Å². The zero-order valence-electron chi connectivity index (χ0n) is 30.1. The lowest BCUT2D eigenvalue weighted by Gasteiger charge is -2.24. The molecule has 1 amide bonds. The van der Waals surface area contributed by atoms with Crippen molar-refractivity contribution in [2.24, 2.45) is 0 Å². The van der Waals surface area contributed by atoms with Gasteiger partial charge in [0.15, 0.2) is 6.29 Å². The summed E-state index contributed by atoms with van der Waals surface area (Å²) in [5.41, 5.74) is 2.13. The number of aldehydes is 1. The minimum atomic E-state index is -4.66. The van der Waals surface area contributed by atoms with Gasteiger partial charge >= 0.3 is 12.4 Å². The van der Waals surface area contributed by atoms with E-state index in [0.29, 0.717) is 39.5 Å². The van der Waals surface area contributed by atoms with Crippen molar-refractivity contribution in [3.05, 3.63) is 180 Å². The van der Waals surface area contributed by atoms with Crippen LogP contribution in [0.25, 0.3) is 60.9 Å². The van der Waals surface area contributed by atoms with Gasteiger partial charge in [0.25, 0.3) is 5.91 Å². The van der Waals surface area contributed by atoms with Gasteiger partial charge in [0.1, 0.15) is 0 Å². The van der Waals surface area contributed by atoms with Crippen LogP contribution in [0.4, 0.5) is 32.0 Å². The third-order valence-corrected chi connectivity index (χ3v) is 10.2. The van der Waals surface area contributed by atoms with Gasteiger partial charge in [-0.25, -0.2) is 0 Å². The first-order valence-electron chi connectivity index (χ1n) is 17.8. The number of aromatic nitrogens is 1. The van der Waals surface area contributed by atoms with Crippen LogP contribution in [0, 0.1) is 0 Å². The number of hydrogen-bond donors (Lipinski definition) is 0. The highest BCUT2D eigenvalue weighted by molar-refractivity contribution is 6.16. The Labute approximate surface area is 322 Å². The minimum Gasteiger partial charge on any atom is -0.311 e. The van der Waals surface area contributed by atoms with Crippen molar-refractivity contribution < 1.29 is 35.9 Å². The molecule has 282 valence electrons. The molecule has 0 bridgehead atoms. The Bertz CT molecular complexity index is 2720. The third-order valence-electron chi connectivity index (χ3n) is 10.2. The van der Waals surface area contributed by atoms with E-state index in [0.717, 1.165) is 23.3 Å². The summed E-state index contributed by atoms with van der Waals surface area (Å²) in [4.78, 5) is 28.9. The first-order chi connectivity index (χ1) is 27.4. The molecule has 1 heterocycles. The number of halogens is 6. The van der Waals surface area contributed by atoms with Gasteiger partial charge in [-0.2, -0.15) is 26.3 Å². The molecule has 0 saturated carbocycles. The number of carbonyl (C=O) groups is 2. The number of fused-ring (bicyclic) bond motifs is 3. The Hall–Kier alpha value is -6.94. The maximum Gasteiger partial charge on any atom is 0.417 e. The van der Waals surface area contributed by atoms with Crippen molar-refractivity contribution >= 4 is 39.7 Å². The summed E-state index contributed by atoms with van der Waals surface area (Å²) in [6.07, 6.45) is -8.74. The fourth-order valence-corrected chi connectivity index (χ4v) is 7.56. The molecular weight excluding hydrogens is 739 g/mol. The van der Waals surface area contributed by atoms with Crippen LogP contribution in [0.1, 0.15) is 31.8 Å². The quantitative estimate of drug-likeness (QED) is 0.120. The highest BCUT2D eigenvalue weighted by Crippen LogP contribution is 2.43. The van der Waals surface area contributed by atoms with Crippen molar-refractivity contribution in [2.45, 2.75) is 12.4 Å². The molecule has 0 fully saturated rings. The van der Waals surface area contributed by atoms with Gasteiger partial charge in [-0.3, -0.25) is 9.59 Å². The van der Waals surface area contributed by atoms with E-state index >= 15 is 0 Å². The van der Waals surface area contributed by atoms with Gasteiger partial charge in [0, 0.05) is 28.9 Å². The average Bonchev–Trinajstić information content (AvgIpc) is 3.55. The fourth-order valence-electron chi connectivity index (χ4n) is 7.56. The summed E-state index contributed by atoms with van der Waals surface area (Å²) >= 11 is 0. The third kappa shape index (κ3) is 6.63. The summed E-state index contributed by atoms with van der Waals surface area (Å²) in [6.45, 7) is 0. The molecule has 0 aliphatic rings. The van der Waals surface area contributed by atoms with Crippen molar-refractivity contribution in [3.8, 4) is 39.1 Å². The maximum absolute atomic E-state index is 14.8. The number of carbonyl (C=O) groups excluding carboxylic acids is 2. The second kappa shape index (κ2) is 14.3. The first kappa shape index (κ1) is 37.0. The molecule has 8 rings (SSSR count). The lowest BCUT2D eigenvalue weighted by Crippen LogP contribution is -2.29. The summed E-state index contributed by atoms with van der Waals surface area (Å²) in [5, 5.41) is 0.840. The zero-order chi connectivity index (χ0) is 40.1. The van der Waals surface area contributed by atoms with Gasteiger partial charge < -0.3 is 9.47 Å². The number of amides is 1. The maximum atomic E-state index is 14.8. The van der Waals surface area contributed by atoms with E-state index in [1.165, 1.54) is 59.5 Å². The number of rotatable bonds is 7. The van der Waals surface area contributed by atoms with Crippen molar-refractivity contribution in [2.75, 3.05) is 11.9 Å². The molecule has 10 heteroatoms. The van der Waals surface area contributed by atoms with Gasteiger partial charge in [0.2, 0.25) is 0 Å². The van der Waals surface area contributed by atoms with Crippen LogP contribution >= 0.6 is 0 Å². The SMILES string of the molecule is CN(C(=O)c1c(C=O)cccc1-n1c2ccc(-c3ccccc3C(F)(F)F)cc2c2cc(-c3ccccc3C(F)(F)F)ccc21)c1ccccc1-c1ccccc1. The number of nitrogens with zero attached hydrogens (tertiary/aromatic N) is 2. The molecule has 0 unspecified atom stereocenters. The average molecular weight is 769 g/mol. The molecule has 4 nitrogen and oxygen atoms in total. The topological polar surface area (TPSA) is 42.3 Å². The van der Waals surface area contributed by atoms with Crippen molar-refractivity contribution in [1.82, 2.24) is 4.57 Å².